The summed E-state index contributed by atoms with van der Waals surface area (Å²) in [4.78, 5) is 19.7. The number of hydrogen-bond acceptors (Lipinski definition) is 5. The number of likely N-dealkylation sites (tertiary alicyclic amines) is 1. The summed E-state index contributed by atoms with van der Waals surface area (Å²) in [6.45, 7) is 7.30. The van der Waals surface area contributed by atoms with Gasteiger partial charge in [-0.1, -0.05) is 32.0 Å². The Morgan fingerprint density at radius 2 is 1.97 bits per heavy atom. The van der Waals surface area contributed by atoms with Gasteiger partial charge in [0.25, 0.3) is 5.91 Å². The Morgan fingerprint density at radius 1 is 1.21 bits per heavy atom. The lowest BCUT2D eigenvalue weighted by atomic mass is 10.1. The van der Waals surface area contributed by atoms with Gasteiger partial charge in [-0.2, -0.15) is 5.10 Å². The van der Waals surface area contributed by atoms with E-state index in [1.165, 1.54) is 10.7 Å². The first kappa shape index (κ1) is 19.8. The maximum atomic E-state index is 12.5. The minimum Gasteiger partial charge on any atom is -0.307 e. The van der Waals surface area contributed by atoms with E-state index in [1.54, 1.807) is 17.5 Å². The van der Waals surface area contributed by atoms with Crippen molar-refractivity contribution in [3.05, 3.63) is 64.2 Å². The van der Waals surface area contributed by atoms with E-state index in [9.17, 15) is 4.79 Å². The molecular weight excluding hydrogens is 382 g/mol. The normalized spacial score (nSPS) is 15.7. The topological polar surface area (TPSA) is 63.1 Å². The Hall–Kier alpha value is -2.51. The zero-order valence-electron chi connectivity index (χ0n) is 16.9. The molecule has 1 N–H and O–H groups in total. The minimum atomic E-state index is -0.102. The molecule has 1 saturated heterocycles. The van der Waals surface area contributed by atoms with Crippen LogP contribution in [0.2, 0.25) is 0 Å². The van der Waals surface area contributed by atoms with Crippen molar-refractivity contribution in [2.45, 2.75) is 45.2 Å². The van der Waals surface area contributed by atoms with Gasteiger partial charge < -0.3 is 5.32 Å². The number of carbonyl (C=O) groups is 1. The summed E-state index contributed by atoms with van der Waals surface area (Å²) in [7, 11) is 0. The molecule has 4 rings (SSSR count). The number of amides is 1. The number of carbonyl (C=O) groups excluding carboxylic acids is 1. The molecule has 3 aromatic rings. The summed E-state index contributed by atoms with van der Waals surface area (Å²) >= 11 is 1.76. The van der Waals surface area contributed by atoms with Crippen LogP contribution in [0.1, 0.15) is 59.7 Å². The van der Waals surface area contributed by atoms with E-state index in [-0.39, 0.29) is 5.91 Å². The van der Waals surface area contributed by atoms with Crippen molar-refractivity contribution >= 4 is 23.1 Å². The molecule has 2 aromatic heterocycles. The quantitative estimate of drug-likeness (QED) is 0.649. The Morgan fingerprint density at radius 3 is 2.66 bits per heavy atom. The average molecular weight is 410 g/mol. The second kappa shape index (κ2) is 8.88. The van der Waals surface area contributed by atoms with Crippen molar-refractivity contribution in [3.63, 3.8) is 0 Å². The van der Waals surface area contributed by atoms with Crippen LogP contribution in [0, 0.1) is 0 Å². The largest absolute Gasteiger partial charge is 0.307 e. The summed E-state index contributed by atoms with van der Waals surface area (Å²) in [5.41, 5.74) is 1.84. The zero-order chi connectivity index (χ0) is 20.2. The van der Waals surface area contributed by atoms with Crippen LogP contribution in [0.25, 0.3) is 0 Å². The molecule has 1 aromatic carbocycles. The molecule has 0 atom stereocenters. The number of benzene rings is 1. The third-order valence-corrected chi connectivity index (χ3v) is 6.22. The van der Waals surface area contributed by atoms with Crippen LogP contribution in [-0.4, -0.2) is 38.7 Å². The molecule has 0 saturated carbocycles. The fourth-order valence-electron chi connectivity index (χ4n) is 3.66. The van der Waals surface area contributed by atoms with E-state index in [4.69, 9.17) is 4.98 Å². The van der Waals surface area contributed by atoms with Crippen molar-refractivity contribution < 1.29 is 4.79 Å². The maximum absolute atomic E-state index is 12.5. The summed E-state index contributed by atoms with van der Waals surface area (Å²) in [5, 5.41) is 10.9. The number of hydrogen-bond donors (Lipinski definition) is 1. The van der Waals surface area contributed by atoms with Crippen LogP contribution in [-0.2, 0) is 6.54 Å². The number of nitrogens with zero attached hydrogens (tertiary/aromatic N) is 4. The van der Waals surface area contributed by atoms with Crippen molar-refractivity contribution in [2.24, 2.45) is 0 Å². The van der Waals surface area contributed by atoms with Gasteiger partial charge in [-0.3, -0.25) is 9.69 Å². The van der Waals surface area contributed by atoms with Gasteiger partial charge in [-0.15, -0.1) is 11.3 Å². The Labute approximate surface area is 175 Å². The third kappa shape index (κ3) is 4.74. The second-order valence-corrected chi connectivity index (χ2v) is 8.75. The summed E-state index contributed by atoms with van der Waals surface area (Å²) in [6, 6.07) is 11.5. The van der Waals surface area contributed by atoms with E-state index < -0.39 is 0 Å². The molecule has 0 unspecified atom stereocenters. The minimum absolute atomic E-state index is 0.102. The average Bonchev–Trinajstić information content (AvgIpc) is 3.39. The van der Waals surface area contributed by atoms with E-state index in [2.05, 4.69) is 34.5 Å². The second-order valence-electron chi connectivity index (χ2n) is 7.81. The Kier molecular flexibility index (Phi) is 6.06. The van der Waals surface area contributed by atoms with Crippen molar-refractivity contribution in [1.29, 1.82) is 0 Å². The van der Waals surface area contributed by atoms with Crippen LogP contribution in [0.4, 0.5) is 5.82 Å². The number of piperidine rings is 1. The number of anilines is 1. The highest BCUT2D eigenvalue weighted by Crippen LogP contribution is 2.27. The first-order valence-electron chi connectivity index (χ1n) is 10.2. The smallest absolute Gasteiger partial charge is 0.256 e. The molecule has 0 bridgehead atoms. The van der Waals surface area contributed by atoms with Gasteiger partial charge in [0.15, 0.2) is 0 Å². The molecule has 7 heteroatoms. The standard InChI is InChI=1S/C22H27N5OS/c1-16(2)19-15-29-21(24-19)14-26-12-9-18(10-13-26)27-20(8-11-23-27)25-22(28)17-6-4-3-5-7-17/h3-8,11,15-16,18H,9-10,12-14H2,1-2H3,(H,25,28). The van der Waals surface area contributed by atoms with Gasteiger partial charge in [0.2, 0.25) is 0 Å². The maximum Gasteiger partial charge on any atom is 0.256 e. The molecule has 3 heterocycles. The summed E-state index contributed by atoms with van der Waals surface area (Å²) in [5.74, 6) is 1.14. The summed E-state index contributed by atoms with van der Waals surface area (Å²) < 4.78 is 1.97. The molecule has 0 radical (unpaired) electrons. The van der Waals surface area contributed by atoms with E-state index in [0.29, 0.717) is 17.5 Å². The van der Waals surface area contributed by atoms with Gasteiger partial charge in [-0.05, 0) is 30.9 Å². The van der Waals surface area contributed by atoms with Gasteiger partial charge in [0.05, 0.1) is 24.5 Å². The molecule has 29 heavy (non-hydrogen) atoms. The highest BCUT2D eigenvalue weighted by atomic mass is 32.1. The van der Waals surface area contributed by atoms with Crippen LogP contribution in [0.5, 0.6) is 0 Å². The molecule has 1 aliphatic heterocycles. The highest BCUT2D eigenvalue weighted by Gasteiger charge is 2.24. The van der Waals surface area contributed by atoms with E-state index >= 15 is 0 Å². The molecule has 0 spiro atoms. The molecule has 1 fully saturated rings. The number of thiazole rings is 1. The predicted molar refractivity (Wildman–Crippen MR) is 116 cm³/mol. The van der Waals surface area contributed by atoms with Crippen molar-refractivity contribution in [3.8, 4) is 0 Å². The number of rotatable bonds is 6. The highest BCUT2D eigenvalue weighted by molar-refractivity contribution is 7.09. The molecule has 0 aliphatic carbocycles. The number of aromatic nitrogens is 3. The van der Waals surface area contributed by atoms with E-state index in [1.807, 2.05) is 41.1 Å². The number of nitrogens with one attached hydrogen (secondary N) is 1. The first-order valence-corrected chi connectivity index (χ1v) is 11.0. The monoisotopic (exact) mass is 409 g/mol. The Balaban J connectivity index is 1.34. The molecule has 1 amide bonds. The lowest BCUT2D eigenvalue weighted by Crippen LogP contribution is -2.35. The third-order valence-electron chi connectivity index (χ3n) is 5.37. The Bertz CT molecular complexity index is 941. The van der Waals surface area contributed by atoms with Gasteiger partial charge in [0.1, 0.15) is 10.8 Å². The zero-order valence-corrected chi connectivity index (χ0v) is 17.7. The van der Waals surface area contributed by atoms with Crippen molar-refractivity contribution in [1.82, 2.24) is 19.7 Å². The summed E-state index contributed by atoms with van der Waals surface area (Å²) in [6.07, 6.45) is 3.78. The predicted octanol–water partition coefficient (Wildman–Crippen LogP) is 4.55. The van der Waals surface area contributed by atoms with Crippen molar-refractivity contribution in [2.75, 3.05) is 18.4 Å². The molecule has 152 valence electrons. The van der Waals surface area contributed by atoms with Crippen LogP contribution in [0.15, 0.2) is 48.0 Å². The van der Waals surface area contributed by atoms with Crippen LogP contribution in [0.3, 0.4) is 0 Å². The fourth-order valence-corrected chi connectivity index (χ4v) is 4.66. The molecular formula is C22H27N5OS. The SMILES string of the molecule is CC(C)c1csc(CN2CCC(n3nccc3NC(=O)c3ccccc3)CC2)n1. The first-order chi connectivity index (χ1) is 14.1. The molecule has 1 aliphatic rings. The van der Waals surface area contributed by atoms with Gasteiger partial charge >= 0.3 is 0 Å². The van der Waals surface area contributed by atoms with Crippen LogP contribution >= 0.6 is 11.3 Å². The van der Waals surface area contributed by atoms with Gasteiger partial charge in [-0.25, -0.2) is 9.67 Å². The fraction of sp³-hybridized carbons (Fsp3) is 0.409. The van der Waals surface area contributed by atoms with Gasteiger partial charge in [0, 0.05) is 30.1 Å². The van der Waals surface area contributed by atoms with Crippen LogP contribution < -0.4 is 5.32 Å². The van der Waals surface area contributed by atoms with E-state index in [0.717, 1.165) is 38.3 Å². The molecule has 6 nitrogen and oxygen atoms in total. The lowest BCUT2D eigenvalue weighted by Gasteiger charge is -2.32. The lowest BCUT2D eigenvalue weighted by molar-refractivity contribution is 0.102.